The number of carbonyl (C=O) groups excluding carboxylic acids is 1. The quantitative estimate of drug-likeness (QED) is 0.262. The zero-order valence-corrected chi connectivity index (χ0v) is 20.3. The molecule has 0 saturated carbocycles. The second-order valence-electron chi connectivity index (χ2n) is 7.46. The van der Waals surface area contributed by atoms with Crippen LogP contribution in [0.15, 0.2) is 94.9 Å². The molecule has 0 fully saturated rings. The molecule has 0 aliphatic heterocycles. The first-order valence-electron chi connectivity index (χ1n) is 10.1. The van der Waals surface area contributed by atoms with Gasteiger partial charge in [0.15, 0.2) is 0 Å². The van der Waals surface area contributed by atoms with E-state index in [2.05, 4.69) is 51.8 Å². The van der Waals surface area contributed by atoms with Crippen LogP contribution in [-0.4, -0.2) is 25.7 Å². The molecule has 0 spiro atoms. The van der Waals surface area contributed by atoms with Crippen LogP contribution in [0, 0.1) is 0 Å². The topological polar surface area (TPSA) is 68.6 Å². The van der Waals surface area contributed by atoms with Crippen LogP contribution >= 0.6 is 31.9 Å². The van der Waals surface area contributed by atoms with Crippen LogP contribution in [0.3, 0.4) is 0 Å². The van der Waals surface area contributed by atoms with E-state index in [1.165, 1.54) is 0 Å². The lowest BCUT2D eigenvalue weighted by atomic mass is 9.79. The first-order valence-corrected chi connectivity index (χ1v) is 11.7. The maximum atomic E-state index is 14.1. The standard InChI is InChI=1S/C25H20Br2N4O/c26-23-3-1-19(15-30-23)21(13-17-5-9-28-10-6-17)25(32)22(14-18-7-11-29-12-8-18)20-2-4-24(27)31-16-20/h1-12,15-16,21-22H,13-14H2. The van der Waals surface area contributed by atoms with Crippen molar-refractivity contribution in [2.24, 2.45) is 0 Å². The number of aromatic nitrogens is 4. The molecule has 0 aliphatic carbocycles. The minimum atomic E-state index is -0.353. The van der Waals surface area contributed by atoms with Crippen LogP contribution in [0.4, 0.5) is 0 Å². The summed E-state index contributed by atoms with van der Waals surface area (Å²) in [7, 11) is 0. The Kier molecular flexibility index (Phi) is 7.50. The number of ketones is 1. The molecular formula is C25H20Br2N4O. The molecule has 7 heteroatoms. The summed E-state index contributed by atoms with van der Waals surface area (Å²) < 4.78 is 1.48. The van der Waals surface area contributed by atoms with E-state index in [4.69, 9.17) is 0 Å². The largest absolute Gasteiger partial charge is 0.298 e. The smallest absolute Gasteiger partial charge is 0.148 e. The van der Waals surface area contributed by atoms with Crippen LogP contribution in [0.5, 0.6) is 0 Å². The van der Waals surface area contributed by atoms with E-state index in [1.54, 1.807) is 37.2 Å². The highest BCUT2D eigenvalue weighted by Crippen LogP contribution is 2.32. The van der Waals surface area contributed by atoms with Gasteiger partial charge >= 0.3 is 0 Å². The average molecular weight is 552 g/mol. The number of hydrogen-bond donors (Lipinski definition) is 0. The number of pyridine rings is 4. The highest BCUT2D eigenvalue weighted by atomic mass is 79.9. The highest BCUT2D eigenvalue weighted by molar-refractivity contribution is 9.10. The van der Waals surface area contributed by atoms with Crippen LogP contribution in [-0.2, 0) is 17.6 Å². The fourth-order valence-corrected chi connectivity index (χ4v) is 4.17. The summed E-state index contributed by atoms with van der Waals surface area (Å²) in [6.07, 6.45) is 11.7. The van der Waals surface area contributed by atoms with Gasteiger partial charge in [-0.05, 0) is 103 Å². The third kappa shape index (κ3) is 5.72. The SMILES string of the molecule is O=C(C(Cc1ccncc1)c1ccc(Br)nc1)C(Cc1ccncc1)c1ccc(Br)nc1. The summed E-state index contributed by atoms with van der Waals surface area (Å²) in [5.74, 6) is -0.575. The van der Waals surface area contributed by atoms with Crippen molar-refractivity contribution >= 4 is 37.6 Å². The van der Waals surface area contributed by atoms with Crippen LogP contribution in [0.25, 0.3) is 0 Å². The summed E-state index contributed by atoms with van der Waals surface area (Å²) in [6.45, 7) is 0. The van der Waals surface area contributed by atoms with Crippen molar-refractivity contribution in [1.29, 1.82) is 0 Å². The van der Waals surface area contributed by atoms with Gasteiger partial charge in [-0.2, -0.15) is 0 Å². The number of halogens is 2. The molecule has 4 aromatic rings. The van der Waals surface area contributed by atoms with Gasteiger partial charge in [0, 0.05) is 49.0 Å². The van der Waals surface area contributed by atoms with Gasteiger partial charge in [0.1, 0.15) is 15.0 Å². The average Bonchev–Trinajstić information content (AvgIpc) is 2.83. The number of rotatable bonds is 8. The predicted octanol–water partition coefficient (Wildman–Crippen LogP) is 5.71. The molecule has 2 atom stereocenters. The molecule has 0 saturated heterocycles. The Labute approximate surface area is 203 Å². The van der Waals surface area contributed by atoms with Crippen LogP contribution in [0.2, 0.25) is 0 Å². The Morgan fingerprint density at radius 3 is 1.41 bits per heavy atom. The summed E-state index contributed by atoms with van der Waals surface area (Å²) in [5, 5.41) is 0. The predicted molar refractivity (Wildman–Crippen MR) is 130 cm³/mol. The van der Waals surface area contributed by atoms with E-state index in [-0.39, 0.29) is 17.6 Å². The fraction of sp³-hybridized carbons (Fsp3) is 0.160. The Morgan fingerprint density at radius 1 is 0.656 bits per heavy atom. The first-order chi connectivity index (χ1) is 15.6. The Morgan fingerprint density at radius 2 is 1.06 bits per heavy atom. The molecule has 0 amide bonds. The second-order valence-corrected chi connectivity index (χ2v) is 9.08. The van der Waals surface area contributed by atoms with Gasteiger partial charge in [0.25, 0.3) is 0 Å². The third-order valence-corrected chi connectivity index (χ3v) is 6.31. The molecule has 0 aromatic carbocycles. The normalized spacial score (nSPS) is 12.8. The Bertz CT molecular complexity index is 1060. The van der Waals surface area contributed by atoms with E-state index in [1.807, 2.05) is 48.5 Å². The fourth-order valence-electron chi connectivity index (χ4n) is 3.70. The van der Waals surface area contributed by atoms with Gasteiger partial charge in [0.2, 0.25) is 0 Å². The van der Waals surface area contributed by atoms with E-state index in [0.717, 1.165) is 31.5 Å². The second kappa shape index (κ2) is 10.7. The Hall–Kier alpha value is -2.77. The maximum Gasteiger partial charge on any atom is 0.148 e. The van der Waals surface area contributed by atoms with Crippen molar-refractivity contribution in [3.05, 3.63) is 117 Å². The Balaban J connectivity index is 1.73. The molecule has 0 aliphatic rings. The minimum Gasteiger partial charge on any atom is -0.298 e. The molecule has 2 unspecified atom stereocenters. The van der Waals surface area contributed by atoms with Crippen molar-refractivity contribution in [2.45, 2.75) is 24.7 Å². The molecule has 5 nitrogen and oxygen atoms in total. The first kappa shape index (κ1) is 22.4. The monoisotopic (exact) mass is 550 g/mol. The summed E-state index contributed by atoms with van der Waals surface area (Å²) in [6, 6.07) is 15.5. The van der Waals surface area contributed by atoms with Crippen molar-refractivity contribution in [3.63, 3.8) is 0 Å². The molecule has 0 N–H and O–H groups in total. The third-order valence-electron chi connectivity index (χ3n) is 5.37. The lowest BCUT2D eigenvalue weighted by Gasteiger charge is -2.23. The van der Waals surface area contributed by atoms with Crippen molar-refractivity contribution in [2.75, 3.05) is 0 Å². The number of nitrogens with zero attached hydrogens (tertiary/aromatic N) is 4. The van der Waals surface area contributed by atoms with Gasteiger partial charge in [-0.25, -0.2) is 9.97 Å². The summed E-state index contributed by atoms with van der Waals surface area (Å²) >= 11 is 6.78. The summed E-state index contributed by atoms with van der Waals surface area (Å²) in [5.41, 5.74) is 3.88. The van der Waals surface area contributed by atoms with Gasteiger partial charge in [0.05, 0.1) is 0 Å². The number of hydrogen-bond acceptors (Lipinski definition) is 5. The molecule has 160 valence electrons. The minimum absolute atomic E-state index is 0.131. The summed E-state index contributed by atoms with van der Waals surface area (Å²) in [4.78, 5) is 31.1. The van der Waals surface area contributed by atoms with Gasteiger partial charge < -0.3 is 0 Å². The van der Waals surface area contributed by atoms with Crippen molar-refractivity contribution in [3.8, 4) is 0 Å². The molecule has 0 bridgehead atoms. The van der Waals surface area contributed by atoms with Gasteiger partial charge in [-0.3, -0.25) is 14.8 Å². The molecule has 0 radical (unpaired) electrons. The van der Waals surface area contributed by atoms with E-state index in [0.29, 0.717) is 12.8 Å². The zero-order chi connectivity index (χ0) is 22.3. The van der Waals surface area contributed by atoms with Crippen LogP contribution in [0.1, 0.15) is 34.1 Å². The zero-order valence-electron chi connectivity index (χ0n) is 17.1. The highest BCUT2D eigenvalue weighted by Gasteiger charge is 2.30. The van der Waals surface area contributed by atoms with E-state index < -0.39 is 0 Å². The lowest BCUT2D eigenvalue weighted by Crippen LogP contribution is -2.24. The molecule has 4 rings (SSSR count). The van der Waals surface area contributed by atoms with Gasteiger partial charge in [-0.15, -0.1) is 0 Å². The van der Waals surface area contributed by atoms with E-state index >= 15 is 0 Å². The molecular weight excluding hydrogens is 532 g/mol. The van der Waals surface area contributed by atoms with Crippen molar-refractivity contribution < 1.29 is 4.79 Å². The van der Waals surface area contributed by atoms with Crippen LogP contribution < -0.4 is 0 Å². The lowest BCUT2D eigenvalue weighted by molar-refractivity contribution is -0.122. The van der Waals surface area contributed by atoms with Crippen molar-refractivity contribution in [1.82, 2.24) is 19.9 Å². The number of carbonyl (C=O) groups is 1. The van der Waals surface area contributed by atoms with E-state index in [9.17, 15) is 4.79 Å². The molecule has 32 heavy (non-hydrogen) atoms. The van der Waals surface area contributed by atoms with Gasteiger partial charge in [-0.1, -0.05) is 12.1 Å². The number of Topliss-reactive ketones (excluding diaryl/α,β-unsaturated/α-hetero) is 1. The molecule has 4 heterocycles. The maximum absolute atomic E-state index is 14.1. The molecule has 4 aromatic heterocycles.